The molecule has 1 aromatic carbocycles. The van der Waals surface area contributed by atoms with Gasteiger partial charge < -0.3 is 10.0 Å². The van der Waals surface area contributed by atoms with Crippen LogP contribution in [0.4, 0.5) is 0 Å². The number of carbonyl (C=O) groups is 1. The zero-order valence-corrected chi connectivity index (χ0v) is 15.2. The largest absolute Gasteiger partial charge is 0.396 e. The first-order chi connectivity index (χ1) is 12.1. The fraction of sp³-hybridized carbons (Fsp3) is 0.650. The van der Waals surface area contributed by atoms with Crippen LogP contribution in [0.2, 0.25) is 0 Å². The van der Waals surface area contributed by atoms with Gasteiger partial charge in [0.1, 0.15) is 0 Å². The molecule has 5 heteroatoms. The number of aryl methyl sites for hydroxylation is 1. The number of carbonyl (C=O) groups excluding carboxylic acids is 1. The maximum absolute atomic E-state index is 12.6. The molecule has 25 heavy (non-hydrogen) atoms. The molecule has 1 atom stereocenters. The van der Waals surface area contributed by atoms with E-state index < -0.39 is 0 Å². The summed E-state index contributed by atoms with van der Waals surface area (Å²) in [6, 6.07) is 8.34. The third-order valence-electron chi connectivity index (χ3n) is 5.58. The zero-order valence-electron chi connectivity index (χ0n) is 15.2. The van der Waals surface area contributed by atoms with E-state index in [2.05, 4.69) is 25.1 Å². The Morgan fingerprint density at radius 2 is 2.12 bits per heavy atom. The van der Waals surface area contributed by atoms with Crippen LogP contribution in [0, 0.1) is 12.3 Å². The van der Waals surface area contributed by atoms with Gasteiger partial charge in [-0.1, -0.05) is 24.3 Å². The Bertz CT molecular complexity index is 586. The van der Waals surface area contributed by atoms with Crippen LogP contribution in [0.25, 0.3) is 0 Å². The molecule has 2 fully saturated rings. The van der Waals surface area contributed by atoms with Crippen LogP contribution in [-0.4, -0.2) is 60.4 Å². The van der Waals surface area contributed by atoms with Gasteiger partial charge in [0.15, 0.2) is 0 Å². The third kappa shape index (κ3) is 4.60. The van der Waals surface area contributed by atoms with E-state index in [1.165, 1.54) is 11.1 Å². The van der Waals surface area contributed by atoms with Gasteiger partial charge in [-0.2, -0.15) is 5.06 Å². The molecule has 138 valence electrons. The van der Waals surface area contributed by atoms with Gasteiger partial charge in [-0.15, -0.1) is 0 Å². The number of hydrogen-bond acceptors (Lipinski definition) is 4. The summed E-state index contributed by atoms with van der Waals surface area (Å²) in [6.07, 6.45) is 4.29. The van der Waals surface area contributed by atoms with E-state index in [1.807, 2.05) is 16.0 Å². The number of hydroxylamine groups is 2. The summed E-state index contributed by atoms with van der Waals surface area (Å²) in [7, 11) is 0. The molecule has 0 radical (unpaired) electrons. The van der Waals surface area contributed by atoms with Crippen molar-refractivity contribution in [2.75, 3.05) is 39.4 Å². The van der Waals surface area contributed by atoms with Crippen LogP contribution in [-0.2, 0) is 16.1 Å². The molecule has 2 saturated heterocycles. The maximum atomic E-state index is 12.6. The first-order valence-corrected chi connectivity index (χ1v) is 9.43. The molecule has 0 aromatic heterocycles. The van der Waals surface area contributed by atoms with Gasteiger partial charge in [0, 0.05) is 38.0 Å². The SMILES string of the molecule is Cc1ccccc1C[C@]1(CO)CCCN(C(=O)CCN2CCCO2)C1. The number of aliphatic hydroxyl groups is 1. The molecular formula is C20H30N2O3. The van der Waals surface area contributed by atoms with Crippen molar-refractivity contribution in [1.29, 1.82) is 0 Å². The fourth-order valence-corrected chi connectivity index (χ4v) is 4.02. The van der Waals surface area contributed by atoms with Gasteiger partial charge in [-0.3, -0.25) is 9.63 Å². The molecule has 0 saturated carbocycles. The van der Waals surface area contributed by atoms with Crippen molar-refractivity contribution < 1.29 is 14.7 Å². The van der Waals surface area contributed by atoms with Gasteiger partial charge in [0.05, 0.1) is 13.2 Å². The summed E-state index contributed by atoms with van der Waals surface area (Å²) in [5.74, 6) is 0.179. The highest BCUT2D eigenvalue weighted by Gasteiger charge is 2.37. The first-order valence-electron chi connectivity index (χ1n) is 9.43. The molecule has 2 aliphatic heterocycles. The van der Waals surface area contributed by atoms with Crippen molar-refractivity contribution in [3.05, 3.63) is 35.4 Å². The van der Waals surface area contributed by atoms with Crippen LogP contribution in [0.5, 0.6) is 0 Å². The number of hydrogen-bond donors (Lipinski definition) is 1. The lowest BCUT2D eigenvalue weighted by Crippen LogP contribution is -2.49. The molecule has 0 aliphatic carbocycles. The van der Waals surface area contributed by atoms with E-state index in [4.69, 9.17) is 4.84 Å². The van der Waals surface area contributed by atoms with Gasteiger partial charge >= 0.3 is 0 Å². The van der Waals surface area contributed by atoms with Crippen molar-refractivity contribution in [3.63, 3.8) is 0 Å². The van der Waals surface area contributed by atoms with Crippen LogP contribution in [0.3, 0.4) is 0 Å². The van der Waals surface area contributed by atoms with E-state index in [1.54, 1.807) is 0 Å². The molecule has 1 N–H and O–H groups in total. The van der Waals surface area contributed by atoms with Gasteiger partial charge in [0.2, 0.25) is 5.91 Å². The van der Waals surface area contributed by atoms with Crippen LogP contribution in [0.15, 0.2) is 24.3 Å². The molecule has 3 rings (SSSR count). The smallest absolute Gasteiger partial charge is 0.223 e. The van der Waals surface area contributed by atoms with E-state index in [0.717, 1.165) is 45.4 Å². The van der Waals surface area contributed by atoms with Crippen LogP contribution >= 0.6 is 0 Å². The summed E-state index contributed by atoms with van der Waals surface area (Å²) in [5, 5.41) is 12.0. The van der Waals surface area contributed by atoms with Gasteiger partial charge in [0.25, 0.3) is 0 Å². The van der Waals surface area contributed by atoms with Gasteiger partial charge in [-0.05, 0) is 43.7 Å². The summed E-state index contributed by atoms with van der Waals surface area (Å²) < 4.78 is 0. The van der Waals surface area contributed by atoms with E-state index in [0.29, 0.717) is 19.5 Å². The molecule has 0 bridgehead atoms. The Hall–Kier alpha value is -1.43. The van der Waals surface area contributed by atoms with E-state index >= 15 is 0 Å². The number of amides is 1. The van der Waals surface area contributed by atoms with Gasteiger partial charge in [-0.25, -0.2) is 0 Å². The molecule has 0 spiro atoms. The minimum Gasteiger partial charge on any atom is -0.396 e. The highest BCUT2D eigenvalue weighted by atomic mass is 16.7. The zero-order chi connectivity index (χ0) is 17.7. The molecule has 1 aromatic rings. The third-order valence-corrected chi connectivity index (χ3v) is 5.58. The second-order valence-corrected chi connectivity index (χ2v) is 7.55. The maximum Gasteiger partial charge on any atom is 0.223 e. The molecule has 5 nitrogen and oxygen atoms in total. The van der Waals surface area contributed by atoms with Crippen LogP contribution in [0.1, 0.15) is 36.8 Å². The van der Waals surface area contributed by atoms with Crippen molar-refractivity contribution >= 4 is 5.91 Å². The Morgan fingerprint density at radius 1 is 1.28 bits per heavy atom. The van der Waals surface area contributed by atoms with E-state index in [-0.39, 0.29) is 17.9 Å². The molecular weight excluding hydrogens is 316 g/mol. The lowest BCUT2D eigenvalue weighted by Gasteiger charge is -2.42. The molecule has 2 aliphatic rings. The summed E-state index contributed by atoms with van der Waals surface area (Å²) in [6.45, 7) is 6.04. The Balaban J connectivity index is 1.61. The van der Waals surface area contributed by atoms with E-state index in [9.17, 15) is 9.90 Å². The number of nitrogens with zero attached hydrogens (tertiary/aromatic N) is 2. The Morgan fingerprint density at radius 3 is 2.84 bits per heavy atom. The molecule has 2 heterocycles. The topological polar surface area (TPSA) is 53.0 Å². The monoisotopic (exact) mass is 346 g/mol. The molecule has 1 amide bonds. The summed E-state index contributed by atoms with van der Waals surface area (Å²) in [4.78, 5) is 20.1. The van der Waals surface area contributed by atoms with Crippen molar-refractivity contribution in [2.24, 2.45) is 5.41 Å². The van der Waals surface area contributed by atoms with Crippen molar-refractivity contribution in [2.45, 2.75) is 39.0 Å². The second kappa shape index (κ2) is 8.30. The number of likely N-dealkylation sites (tertiary alicyclic amines) is 1. The predicted molar refractivity (Wildman–Crippen MR) is 97.0 cm³/mol. The fourth-order valence-electron chi connectivity index (χ4n) is 4.02. The minimum absolute atomic E-state index is 0.125. The highest BCUT2D eigenvalue weighted by Crippen LogP contribution is 2.34. The number of piperidine rings is 1. The summed E-state index contributed by atoms with van der Waals surface area (Å²) >= 11 is 0. The molecule has 0 unspecified atom stereocenters. The lowest BCUT2D eigenvalue weighted by molar-refractivity contribution is -0.142. The van der Waals surface area contributed by atoms with Crippen molar-refractivity contribution in [3.8, 4) is 0 Å². The Labute approximate surface area is 150 Å². The number of benzene rings is 1. The second-order valence-electron chi connectivity index (χ2n) is 7.55. The Kier molecular flexibility index (Phi) is 6.10. The summed E-state index contributed by atoms with van der Waals surface area (Å²) in [5.41, 5.74) is 2.31. The standard InChI is InChI=1S/C20H30N2O3/c1-17-6-2-3-7-18(17)14-20(16-23)9-4-10-21(15-20)19(24)8-12-22-11-5-13-25-22/h2-3,6-7,23H,4-5,8-16H2,1H3/t20-/m1/s1. The first kappa shape index (κ1) is 18.4. The highest BCUT2D eigenvalue weighted by molar-refractivity contribution is 5.76. The minimum atomic E-state index is -0.218. The number of rotatable bonds is 6. The van der Waals surface area contributed by atoms with Crippen LogP contribution < -0.4 is 0 Å². The quantitative estimate of drug-likeness (QED) is 0.858. The average molecular weight is 346 g/mol. The lowest BCUT2D eigenvalue weighted by atomic mass is 9.75. The predicted octanol–water partition coefficient (Wildman–Crippen LogP) is 2.17. The normalized spacial score (nSPS) is 24.6. The average Bonchev–Trinajstić information content (AvgIpc) is 3.15. The van der Waals surface area contributed by atoms with Crippen molar-refractivity contribution in [1.82, 2.24) is 9.96 Å². The number of aliphatic hydroxyl groups excluding tert-OH is 1.